The third kappa shape index (κ3) is 3.22. The highest BCUT2D eigenvalue weighted by molar-refractivity contribution is 5.52. The van der Waals surface area contributed by atoms with Gasteiger partial charge >= 0.3 is 0 Å². The molecule has 0 aliphatic rings. The second-order valence-electron chi connectivity index (χ2n) is 3.95. The van der Waals surface area contributed by atoms with Crippen molar-refractivity contribution in [2.24, 2.45) is 0 Å². The average molecular weight is 223 g/mol. The lowest BCUT2D eigenvalue weighted by atomic mass is 10.0. The molecule has 0 aromatic heterocycles. The molecule has 0 aliphatic carbocycles. The molecule has 0 fully saturated rings. The highest BCUT2D eigenvalue weighted by Crippen LogP contribution is 2.11. The van der Waals surface area contributed by atoms with Crippen LogP contribution in [-0.4, -0.2) is 6.54 Å². The number of rotatable bonds is 5. The Morgan fingerprint density at radius 2 is 1.65 bits per heavy atom. The van der Waals surface area contributed by atoms with Crippen molar-refractivity contribution in [1.29, 1.82) is 0 Å². The first-order chi connectivity index (χ1) is 8.40. The van der Waals surface area contributed by atoms with Gasteiger partial charge in [0.2, 0.25) is 0 Å². The minimum absolute atomic E-state index is 0.939. The summed E-state index contributed by atoms with van der Waals surface area (Å²) in [7, 11) is 0. The molecule has 2 aromatic rings. The lowest BCUT2D eigenvalue weighted by Gasteiger charge is -2.08. The highest BCUT2D eigenvalue weighted by atomic mass is 14.9. The number of para-hydroxylation sites is 1. The van der Waals surface area contributed by atoms with E-state index in [2.05, 4.69) is 42.2 Å². The van der Waals surface area contributed by atoms with E-state index >= 15 is 0 Å². The van der Waals surface area contributed by atoms with Gasteiger partial charge in [0.05, 0.1) is 0 Å². The van der Waals surface area contributed by atoms with Gasteiger partial charge in [0.25, 0.3) is 0 Å². The van der Waals surface area contributed by atoms with Gasteiger partial charge in [0.15, 0.2) is 0 Å². The number of hydrogen-bond donors (Lipinski definition) is 1. The molecule has 0 saturated heterocycles. The molecule has 0 bridgehead atoms. The normalized spacial score (nSPS) is 9.88. The van der Waals surface area contributed by atoms with Gasteiger partial charge in [-0.05, 0) is 29.7 Å². The van der Waals surface area contributed by atoms with E-state index in [1.54, 1.807) is 0 Å². The van der Waals surface area contributed by atoms with Crippen molar-refractivity contribution < 1.29 is 0 Å². The fourth-order valence-electron chi connectivity index (χ4n) is 1.86. The molecular formula is C16H17N. The van der Waals surface area contributed by atoms with Crippen molar-refractivity contribution in [2.75, 3.05) is 11.9 Å². The molecule has 0 amide bonds. The van der Waals surface area contributed by atoms with Crippen LogP contribution in [0.5, 0.6) is 0 Å². The Kier molecular flexibility index (Phi) is 3.98. The molecule has 0 heterocycles. The predicted octanol–water partition coefficient (Wildman–Crippen LogP) is 3.98. The summed E-state index contributed by atoms with van der Waals surface area (Å²) in [5, 5.41) is 3.41. The van der Waals surface area contributed by atoms with Gasteiger partial charge in [-0.25, -0.2) is 0 Å². The Hall–Kier alpha value is -2.02. The van der Waals surface area contributed by atoms with Crippen molar-refractivity contribution in [1.82, 2.24) is 0 Å². The smallest absolute Gasteiger partial charge is 0.0340 e. The topological polar surface area (TPSA) is 12.0 Å². The summed E-state index contributed by atoms with van der Waals surface area (Å²) in [6.07, 6.45) is 2.93. The van der Waals surface area contributed by atoms with Crippen LogP contribution in [0.15, 0.2) is 61.2 Å². The van der Waals surface area contributed by atoms with Crippen LogP contribution in [0.2, 0.25) is 0 Å². The quantitative estimate of drug-likeness (QED) is 0.808. The maximum Gasteiger partial charge on any atom is 0.0340 e. The highest BCUT2D eigenvalue weighted by Gasteiger charge is 1.97. The third-order valence-electron chi connectivity index (χ3n) is 2.77. The number of benzene rings is 2. The molecule has 0 radical (unpaired) electrons. The molecular weight excluding hydrogens is 206 g/mol. The summed E-state index contributed by atoms with van der Waals surface area (Å²) in [6, 6.07) is 18.7. The van der Waals surface area contributed by atoms with Crippen LogP contribution in [0.3, 0.4) is 0 Å². The SMILES string of the molecule is C=Cc1ccccc1CCNc1ccccc1. The van der Waals surface area contributed by atoms with E-state index in [1.807, 2.05) is 30.3 Å². The van der Waals surface area contributed by atoms with E-state index in [4.69, 9.17) is 0 Å². The second kappa shape index (κ2) is 5.90. The largest absolute Gasteiger partial charge is 0.385 e. The monoisotopic (exact) mass is 223 g/mol. The van der Waals surface area contributed by atoms with Gasteiger partial charge in [-0.3, -0.25) is 0 Å². The molecule has 0 atom stereocenters. The van der Waals surface area contributed by atoms with Crippen molar-refractivity contribution in [3.63, 3.8) is 0 Å². The van der Waals surface area contributed by atoms with Gasteiger partial charge in [-0.15, -0.1) is 0 Å². The zero-order valence-electron chi connectivity index (χ0n) is 9.89. The Morgan fingerprint density at radius 3 is 2.41 bits per heavy atom. The summed E-state index contributed by atoms with van der Waals surface area (Å²) in [5.41, 5.74) is 3.73. The van der Waals surface area contributed by atoms with Gasteiger partial charge in [-0.2, -0.15) is 0 Å². The molecule has 86 valence electrons. The van der Waals surface area contributed by atoms with Crippen molar-refractivity contribution in [3.05, 3.63) is 72.3 Å². The zero-order valence-corrected chi connectivity index (χ0v) is 9.89. The predicted molar refractivity (Wildman–Crippen MR) is 75.2 cm³/mol. The molecule has 1 nitrogen and oxygen atoms in total. The third-order valence-corrected chi connectivity index (χ3v) is 2.77. The molecule has 0 unspecified atom stereocenters. The average Bonchev–Trinajstić information content (AvgIpc) is 2.40. The van der Waals surface area contributed by atoms with Gasteiger partial charge in [-0.1, -0.05) is 55.1 Å². The first-order valence-corrected chi connectivity index (χ1v) is 5.89. The summed E-state index contributed by atoms with van der Waals surface area (Å²) < 4.78 is 0. The van der Waals surface area contributed by atoms with Crippen LogP contribution in [-0.2, 0) is 6.42 Å². The van der Waals surface area contributed by atoms with Crippen LogP contribution >= 0.6 is 0 Å². The van der Waals surface area contributed by atoms with Crippen LogP contribution in [0.25, 0.3) is 6.08 Å². The van der Waals surface area contributed by atoms with Gasteiger partial charge < -0.3 is 5.32 Å². The Balaban J connectivity index is 1.92. The van der Waals surface area contributed by atoms with E-state index in [0.717, 1.165) is 13.0 Å². The lowest BCUT2D eigenvalue weighted by Crippen LogP contribution is -2.05. The molecule has 0 aliphatic heterocycles. The first-order valence-electron chi connectivity index (χ1n) is 5.89. The molecule has 1 heteroatoms. The van der Waals surface area contributed by atoms with Gasteiger partial charge in [0.1, 0.15) is 0 Å². The van der Waals surface area contributed by atoms with Crippen molar-refractivity contribution >= 4 is 11.8 Å². The fraction of sp³-hybridized carbons (Fsp3) is 0.125. The first kappa shape index (κ1) is 11.5. The summed E-state index contributed by atoms with van der Waals surface area (Å²) in [5.74, 6) is 0. The Bertz CT molecular complexity index is 474. The molecule has 17 heavy (non-hydrogen) atoms. The second-order valence-corrected chi connectivity index (χ2v) is 3.95. The minimum Gasteiger partial charge on any atom is -0.385 e. The van der Waals surface area contributed by atoms with Gasteiger partial charge in [0, 0.05) is 12.2 Å². The summed E-state index contributed by atoms with van der Waals surface area (Å²) in [4.78, 5) is 0. The van der Waals surface area contributed by atoms with Crippen molar-refractivity contribution in [3.8, 4) is 0 Å². The maximum absolute atomic E-state index is 3.84. The van der Waals surface area contributed by atoms with E-state index in [0.29, 0.717) is 0 Å². The molecule has 1 N–H and O–H groups in total. The Labute approximate surface area is 103 Å². The van der Waals surface area contributed by atoms with Crippen molar-refractivity contribution in [2.45, 2.75) is 6.42 Å². The van der Waals surface area contributed by atoms with E-state index in [9.17, 15) is 0 Å². The molecule has 0 spiro atoms. The summed E-state index contributed by atoms with van der Waals surface area (Å²) in [6.45, 7) is 4.78. The lowest BCUT2D eigenvalue weighted by molar-refractivity contribution is 1.02. The number of hydrogen-bond acceptors (Lipinski definition) is 1. The minimum atomic E-state index is 0.939. The molecule has 2 rings (SSSR count). The Morgan fingerprint density at radius 1 is 0.941 bits per heavy atom. The van der Waals surface area contributed by atoms with Crippen LogP contribution in [0.4, 0.5) is 5.69 Å². The van der Waals surface area contributed by atoms with Crippen LogP contribution < -0.4 is 5.32 Å². The van der Waals surface area contributed by atoms with Crippen LogP contribution in [0, 0.1) is 0 Å². The molecule has 2 aromatic carbocycles. The van der Waals surface area contributed by atoms with E-state index in [-0.39, 0.29) is 0 Å². The van der Waals surface area contributed by atoms with Crippen LogP contribution in [0.1, 0.15) is 11.1 Å². The van der Waals surface area contributed by atoms with E-state index in [1.165, 1.54) is 16.8 Å². The zero-order chi connectivity index (χ0) is 11.9. The fourth-order valence-corrected chi connectivity index (χ4v) is 1.86. The standard InChI is InChI=1S/C16H17N/c1-2-14-8-6-7-9-15(14)12-13-17-16-10-4-3-5-11-16/h2-11,17H,1,12-13H2. The number of nitrogens with one attached hydrogen (secondary N) is 1. The molecule has 0 saturated carbocycles. The van der Waals surface area contributed by atoms with E-state index < -0.39 is 0 Å². The summed E-state index contributed by atoms with van der Waals surface area (Å²) >= 11 is 0. The number of anilines is 1. The maximum atomic E-state index is 3.84.